The lowest BCUT2D eigenvalue weighted by atomic mass is 10.2. The molecule has 0 saturated carbocycles. The molecule has 0 aliphatic heterocycles. The van der Waals surface area contributed by atoms with Crippen LogP contribution in [0, 0.1) is 0 Å². The van der Waals surface area contributed by atoms with Crippen LogP contribution in [-0.4, -0.2) is 32.7 Å². The number of rotatable bonds is 3. The van der Waals surface area contributed by atoms with Crippen molar-refractivity contribution in [1.82, 2.24) is 15.3 Å². The van der Waals surface area contributed by atoms with Crippen molar-refractivity contribution in [2.24, 2.45) is 0 Å². The van der Waals surface area contributed by atoms with Crippen molar-refractivity contribution < 1.29 is 19.4 Å². The normalized spacial score (nSPS) is 12.2. The highest BCUT2D eigenvalue weighted by molar-refractivity contribution is 5.85. The predicted molar refractivity (Wildman–Crippen MR) is 65.6 cm³/mol. The molecule has 0 radical (unpaired) electrons. The van der Waals surface area contributed by atoms with Gasteiger partial charge in [0.15, 0.2) is 6.04 Å². The Hall–Kier alpha value is -1.76. The Bertz CT molecular complexity index is 400. The van der Waals surface area contributed by atoms with Gasteiger partial charge >= 0.3 is 12.1 Å². The summed E-state index contributed by atoms with van der Waals surface area (Å²) in [6.07, 6.45) is 1.87. The molecule has 0 spiro atoms. The summed E-state index contributed by atoms with van der Waals surface area (Å²) < 4.78 is 4.97. The van der Waals surface area contributed by atoms with Crippen molar-refractivity contribution in [3.05, 3.63) is 18.2 Å². The third-order valence-electron chi connectivity index (χ3n) is 1.74. The lowest BCUT2D eigenvalue weighted by molar-refractivity contribution is -0.139. The van der Waals surface area contributed by atoms with Crippen LogP contribution in [0.2, 0.25) is 0 Å². The van der Waals surface area contributed by atoms with Crippen molar-refractivity contribution in [2.45, 2.75) is 32.4 Å². The highest BCUT2D eigenvalue weighted by atomic mass is 35.5. The fourth-order valence-corrected chi connectivity index (χ4v) is 1.12. The summed E-state index contributed by atoms with van der Waals surface area (Å²) in [7, 11) is 0. The molecular weight excluding hydrogens is 262 g/mol. The summed E-state index contributed by atoms with van der Waals surface area (Å²) in [6.45, 7) is 5.08. The number of nitrogens with one attached hydrogen (secondary N) is 2. The van der Waals surface area contributed by atoms with Gasteiger partial charge in [0.05, 0.1) is 18.2 Å². The highest BCUT2D eigenvalue weighted by Crippen LogP contribution is 2.12. The van der Waals surface area contributed by atoms with E-state index in [0.29, 0.717) is 0 Å². The Morgan fingerprint density at radius 2 is 2.11 bits per heavy atom. The number of halogens is 1. The average Bonchev–Trinajstić information content (AvgIpc) is 2.63. The Morgan fingerprint density at radius 1 is 1.50 bits per heavy atom. The molecule has 0 aliphatic carbocycles. The molecule has 0 fully saturated rings. The van der Waals surface area contributed by atoms with Crippen LogP contribution < -0.4 is 5.32 Å². The lowest BCUT2D eigenvalue weighted by Crippen LogP contribution is -2.38. The van der Waals surface area contributed by atoms with Crippen LogP contribution in [0.25, 0.3) is 0 Å². The number of carboxylic acid groups (broad SMARTS) is 1. The smallest absolute Gasteiger partial charge is 0.408 e. The first-order valence-electron chi connectivity index (χ1n) is 5.00. The van der Waals surface area contributed by atoms with E-state index in [1.165, 1.54) is 12.5 Å². The van der Waals surface area contributed by atoms with Crippen LogP contribution in [0.3, 0.4) is 0 Å². The largest absolute Gasteiger partial charge is 0.479 e. The van der Waals surface area contributed by atoms with Gasteiger partial charge in [-0.2, -0.15) is 0 Å². The third kappa shape index (κ3) is 5.05. The summed E-state index contributed by atoms with van der Waals surface area (Å²) in [4.78, 5) is 28.7. The number of carboxylic acids is 1. The molecule has 0 bridgehead atoms. The molecule has 1 atom stereocenters. The van der Waals surface area contributed by atoms with E-state index in [2.05, 4.69) is 15.3 Å². The second-order valence-corrected chi connectivity index (χ2v) is 4.42. The van der Waals surface area contributed by atoms with E-state index in [-0.39, 0.29) is 18.1 Å². The third-order valence-corrected chi connectivity index (χ3v) is 1.74. The first-order valence-corrected chi connectivity index (χ1v) is 5.00. The number of aromatic amines is 1. The fourth-order valence-electron chi connectivity index (χ4n) is 1.12. The Balaban J connectivity index is 0.00000289. The quantitative estimate of drug-likeness (QED) is 0.776. The van der Waals surface area contributed by atoms with E-state index in [1.54, 1.807) is 20.8 Å². The number of alkyl carbamates (subject to hydrolysis) is 1. The van der Waals surface area contributed by atoms with Crippen molar-refractivity contribution in [2.75, 3.05) is 0 Å². The minimum Gasteiger partial charge on any atom is -0.479 e. The van der Waals surface area contributed by atoms with Crippen LogP contribution >= 0.6 is 12.4 Å². The number of hydrogen-bond acceptors (Lipinski definition) is 4. The number of carbonyl (C=O) groups is 2. The number of nitrogens with zero attached hydrogens (tertiary/aromatic N) is 1. The van der Waals surface area contributed by atoms with Gasteiger partial charge in [0.1, 0.15) is 5.60 Å². The summed E-state index contributed by atoms with van der Waals surface area (Å²) in [5.41, 5.74) is -0.399. The number of aromatic nitrogens is 2. The fraction of sp³-hybridized carbons (Fsp3) is 0.500. The van der Waals surface area contributed by atoms with E-state index >= 15 is 0 Å². The van der Waals surface area contributed by atoms with Gasteiger partial charge in [0, 0.05) is 0 Å². The summed E-state index contributed by atoms with van der Waals surface area (Å²) >= 11 is 0. The van der Waals surface area contributed by atoms with E-state index in [0.717, 1.165) is 0 Å². The first-order chi connectivity index (χ1) is 7.79. The summed E-state index contributed by atoms with van der Waals surface area (Å²) in [5.74, 6) is -1.19. The Kier molecular flexibility index (Phi) is 5.64. The van der Waals surface area contributed by atoms with Crippen molar-refractivity contribution in [3.63, 3.8) is 0 Å². The van der Waals surface area contributed by atoms with Crippen molar-refractivity contribution >= 4 is 24.5 Å². The minimum absolute atomic E-state index is 0. The molecule has 0 aliphatic rings. The standard InChI is InChI=1S/C10H15N3O4.ClH/c1-10(2,3)17-9(16)13-7(8(14)15)6-4-11-5-12-6;/h4-5,7H,1-3H3,(H,11,12)(H,13,16)(H,14,15);1H. The monoisotopic (exact) mass is 277 g/mol. The number of carbonyl (C=O) groups excluding carboxylic acids is 1. The van der Waals surface area contributed by atoms with Gasteiger partial charge in [-0.05, 0) is 20.8 Å². The van der Waals surface area contributed by atoms with Gasteiger partial charge in [0.2, 0.25) is 0 Å². The molecule has 3 N–H and O–H groups in total. The zero-order valence-electron chi connectivity index (χ0n) is 10.3. The molecule has 7 nitrogen and oxygen atoms in total. The molecule has 1 amide bonds. The van der Waals surface area contributed by atoms with Crippen molar-refractivity contribution in [1.29, 1.82) is 0 Å². The minimum atomic E-state index is -1.20. The second-order valence-electron chi connectivity index (χ2n) is 4.42. The molecule has 8 heteroatoms. The van der Waals surface area contributed by atoms with Gasteiger partial charge in [-0.3, -0.25) is 0 Å². The van der Waals surface area contributed by atoms with Crippen LogP contribution in [0.15, 0.2) is 12.5 Å². The zero-order chi connectivity index (χ0) is 13.1. The van der Waals surface area contributed by atoms with E-state index < -0.39 is 23.7 Å². The average molecular weight is 278 g/mol. The number of H-pyrrole nitrogens is 1. The Labute approximate surface area is 110 Å². The number of imidazole rings is 1. The molecular formula is C10H16ClN3O4. The molecule has 1 rings (SSSR count). The number of hydrogen-bond donors (Lipinski definition) is 3. The SMILES string of the molecule is CC(C)(C)OC(=O)NC(C(=O)O)c1cnc[nH]1.Cl. The lowest BCUT2D eigenvalue weighted by Gasteiger charge is -2.21. The molecule has 18 heavy (non-hydrogen) atoms. The van der Waals surface area contributed by atoms with Crippen molar-refractivity contribution in [3.8, 4) is 0 Å². The van der Waals surface area contributed by atoms with E-state index in [4.69, 9.17) is 9.84 Å². The van der Waals surface area contributed by atoms with Crippen LogP contribution in [0.5, 0.6) is 0 Å². The van der Waals surface area contributed by atoms with Gasteiger partial charge in [-0.25, -0.2) is 14.6 Å². The van der Waals surface area contributed by atoms with Gasteiger partial charge in [-0.1, -0.05) is 0 Å². The van der Waals surface area contributed by atoms with Gasteiger partial charge < -0.3 is 20.1 Å². The molecule has 1 aromatic heterocycles. The van der Waals surface area contributed by atoms with Crippen LogP contribution in [-0.2, 0) is 9.53 Å². The second kappa shape index (κ2) is 6.25. The molecule has 102 valence electrons. The van der Waals surface area contributed by atoms with E-state index in [1.807, 2.05) is 0 Å². The maximum absolute atomic E-state index is 11.4. The topological polar surface area (TPSA) is 104 Å². The Morgan fingerprint density at radius 3 is 2.50 bits per heavy atom. The number of ether oxygens (including phenoxy) is 1. The molecule has 1 unspecified atom stereocenters. The number of aliphatic carboxylic acids is 1. The zero-order valence-corrected chi connectivity index (χ0v) is 11.1. The first kappa shape index (κ1) is 16.2. The summed E-state index contributed by atoms with van der Waals surface area (Å²) in [5, 5.41) is 11.2. The summed E-state index contributed by atoms with van der Waals surface area (Å²) in [6, 6.07) is -1.20. The molecule has 1 aromatic rings. The predicted octanol–water partition coefficient (Wildman–Crippen LogP) is 1.48. The maximum atomic E-state index is 11.4. The maximum Gasteiger partial charge on any atom is 0.408 e. The van der Waals surface area contributed by atoms with E-state index in [9.17, 15) is 9.59 Å². The van der Waals surface area contributed by atoms with Crippen LogP contribution in [0.4, 0.5) is 4.79 Å². The molecule has 1 heterocycles. The van der Waals surface area contributed by atoms with Gasteiger partial charge in [-0.15, -0.1) is 12.4 Å². The molecule has 0 aromatic carbocycles. The number of amides is 1. The van der Waals surface area contributed by atoms with Gasteiger partial charge in [0.25, 0.3) is 0 Å². The van der Waals surface area contributed by atoms with Crippen LogP contribution in [0.1, 0.15) is 32.5 Å². The molecule has 0 saturated heterocycles. The highest BCUT2D eigenvalue weighted by Gasteiger charge is 2.26.